The van der Waals surface area contributed by atoms with Crippen molar-refractivity contribution in [1.29, 1.82) is 0 Å². The topological polar surface area (TPSA) is 28.2 Å². The standard InChI is InChI=1S/C15H25N3/c1-6-10-18(5)12-14-9-7-8-13(17-14)11-16-15(2,3)4/h6-9,16H,1,10-12H2,2-5H3. The van der Waals surface area contributed by atoms with Crippen molar-refractivity contribution in [2.45, 2.75) is 39.4 Å². The fourth-order valence-corrected chi connectivity index (χ4v) is 1.63. The Kier molecular flexibility index (Phi) is 5.51. The van der Waals surface area contributed by atoms with E-state index in [2.05, 4.69) is 67.8 Å². The van der Waals surface area contributed by atoms with Crippen molar-refractivity contribution < 1.29 is 0 Å². The number of nitrogens with zero attached hydrogens (tertiary/aromatic N) is 2. The number of likely N-dealkylation sites (N-methyl/N-ethyl adjacent to an activating group) is 1. The van der Waals surface area contributed by atoms with Crippen LogP contribution in [0.2, 0.25) is 0 Å². The van der Waals surface area contributed by atoms with Gasteiger partial charge >= 0.3 is 0 Å². The van der Waals surface area contributed by atoms with Crippen molar-refractivity contribution >= 4 is 0 Å². The van der Waals surface area contributed by atoms with Crippen LogP contribution in [0.4, 0.5) is 0 Å². The Morgan fingerprint density at radius 1 is 1.33 bits per heavy atom. The molecule has 0 saturated heterocycles. The van der Waals surface area contributed by atoms with Crippen molar-refractivity contribution in [1.82, 2.24) is 15.2 Å². The second kappa shape index (κ2) is 6.66. The number of hydrogen-bond acceptors (Lipinski definition) is 3. The van der Waals surface area contributed by atoms with Crippen molar-refractivity contribution in [2.75, 3.05) is 13.6 Å². The number of pyridine rings is 1. The van der Waals surface area contributed by atoms with Crippen LogP contribution in [0.5, 0.6) is 0 Å². The summed E-state index contributed by atoms with van der Waals surface area (Å²) in [5.74, 6) is 0. The molecule has 1 rings (SSSR count). The molecular formula is C15H25N3. The van der Waals surface area contributed by atoms with Gasteiger partial charge in [0.2, 0.25) is 0 Å². The van der Waals surface area contributed by atoms with Crippen LogP contribution in [0, 0.1) is 0 Å². The minimum Gasteiger partial charge on any atom is -0.306 e. The molecule has 0 aromatic carbocycles. The fourth-order valence-electron chi connectivity index (χ4n) is 1.63. The number of aromatic nitrogens is 1. The molecule has 0 aliphatic carbocycles. The van der Waals surface area contributed by atoms with Gasteiger partial charge in [-0.05, 0) is 40.0 Å². The van der Waals surface area contributed by atoms with Gasteiger partial charge in [-0.2, -0.15) is 0 Å². The Morgan fingerprint density at radius 2 is 2.00 bits per heavy atom. The summed E-state index contributed by atoms with van der Waals surface area (Å²) in [6.45, 7) is 12.8. The Morgan fingerprint density at radius 3 is 2.61 bits per heavy atom. The highest BCUT2D eigenvalue weighted by Gasteiger charge is 2.09. The lowest BCUT2D eigenvalue weighted by Crippen LogP contribution is -2.35. The van der Waals surface area contributed by atoms with Crippen LogP contribution in [0.3, 0.4) is 0 Å². The Hall–Kier alpha value is -1.19. The molecule has 0 aliphatic rings. The summed E-state index contributed by atoms with van der Waals surface area (Å²) in [7, 11) is 2.07. The normalized spacial score (nSPS) is 11.8. The summed E-state index contributed by atoms with van der Waals surface area (Å²) in [4.78, 5) is 6.85. The van der Waals surface area contributed by atoms with Crippen molar-refractivity contribution in [3.8, 4) is 0 Å². The van der Waals surface area contributed by atoms with Crippen molar-refractivity contribution in [3.05, 3.63) is 42.2 Å². The van der Waals surface area contributed by atoms with Crippen molar-refractivity contribution in [3.63, 3.8) is 0 Å². The molecule has 0 fully saturated rings. The summed E-state index contributed by atoms with van der Waals surface area (Å²) in [5.41, 5.74) is 2.32. The van der Waals surface area contributed by atoms with E-state index in [1.165, 1.54) is 0 Å². The summed E-state index contributed by atoms with van der Waals surface area (Å²) in [5, 5.41) is 3.45. The van der Waals surface area contributed by atoms with Gasteiger partial charge in [-0.25, -0.2) is 0 Å². The van der Waals surface area contributed by atoms with Gasteiger partial charge in [-0.3, -0.25) is 9.88 Å². The summed E-state index contributed by atoms with van der Waals surface area (Å²) in [6.07, 6.45) is 1.91. The van der Waals surface area contributed by atoms with Crippen LogP contribution in [-0.2, 0) is 13.1 Å². The highest BCUT2D eigenvalue weighted by atomic mass is 15.1. The van der Waals surface area contributed by atoms with Crippen molar-refractivity contribution in [2.24, 2.45) is 0 Å². The zero-order valence-corrected chi connectivity index (χ0v) is 12.0. The van der Waals surface area contributed by atoms with Gasteiger partial charge in [-0.15, -0.1) is 6.58 Å². The third-order valence-corrected chi connectivity index (χ3v) is 2.54. The molecule has 100 valence electrons. The molecule has 0 unspecified atom stereocenters. The van der Waals surface area contributed by atoms with Crippen LogP contribution < -0.4 is 5.32 Å². The van der Waals surface area contributed by atoms with Crippen LogP contribution in [0.15, 0.2) is 30.9 Å². The minimum absolute atomic E-state index is 0.122. The fraction of sp³-hybridized carbons (Fsp3) is 0.533. The van der Waals surface area contributed by atoms with Crippen LogP contribution in [0.25, 0.3) is 0 Å². The number of rotatable bonds is 6. The van der Waals surface area contributed by atoms with Gasteiger partial charge < -0.3 is 5.32 Å². The van der Waals surface area contributed by atoms with E-state index in [9.17, 15) is 0 Å². The van der Waals surface area contributed by atoms with E-state index in [-0.39, 0.29) is 5.54 Å². The van der Waals surface area contributed by atoms with E-state index in [1.807, 2.05) is 6.08 Å². The third-order valence-electron chi connectivity index (χ3n) is 2.54. The molecule has 1 N–H and O–H groups in total. The molecule has 0 radical (unpaired) electrons. The largest absolute Gasteiger partial charge is 0.306 e. The molecule has 1 heterocycles. The maximum atomic E-state index is 4.66. The molecule has 0 spiro atoms. The lowest BCUT2D eigenvalue weighted by molar-refractivity contribution is 0.357. The first-order valence-corrected chi connectivity index (χ1v) is 6.40. The van der Waals surface area contributed by atoms with E-state index in [0.717, 1.165) is 31.0 Å². The SMILES string of the molecule is C=CCN(C)Cc1cccc(CNC(C)(C)C)n1. The summed E-state index contributed by atoms with van der Waals surface area (Å²) < 4.78 is 0. The van der Waals surface area contributed by atoms with Gasteiger partial charge in [0.15, 0.2) is 0 Å². The summed E-state index contributed by atoms with van der Waals surface area (Å²) >= 11 is 0. The molecule has 1 aromatic heterocycles. The molecule has 0 saturated carbocycles. The van der Waals surface area contributed by atoms with E-state index in [0.29, 0.717) is 0 Å². The first-order valence-electron chi connectivity index (χ1n) is 6.40. The molecule has 0 aliphatic heterocycles. The lowest BCUT2D eigenvalue weighted by atomic mass is 10.1. The molecular weight excluding hydrogens is 222 g/mol. The average molecular weight is 247 g/mol. The number of nitrogens with one attached hydrogen (secondary N) is 1. The van der Waals surface area contributed by atoms with Gasteiger partial charge in [0.1, 0.15) is 0 Å². The second-order valence-corrected chi connectivity index (χ2v) is 5.71. The van der Waals surface area contributed by atoms with Gasteiger partial charge in [-0.1, -0.05) is 12.1 Å². The Labute approximate surface area is 111 Å². The van der Waals surface area contributed by atoms with E-state index < -0.39 is 0 Å². The van der Waals surface area contributed by atoms with Crippen LogP contribution >= 0.6 is 0 Å². The Bertz CT molecular complexity index is 380. The molecule has 18 heavy (non-hydrogen) atoms. The maximum Gasteiger partial charge on any atom is 0.0547 e. The zero-order chi connectivity index (χ0) is 13.6. The predicted molar refractivity (Wildman–Crippen MR) is 77.4 cm³/mol. The molecule has 1 aromatic rings. The molecule has 0 bridgehead atoms. The minimum atomic E-state index is 0.122. The highest BCUT2D eigenvalue weighted by Crippen LogP contribution is 2.05. The van der Waals surface area contributed by atoms with Crippen LogP contribution in [0.1, 0.15) is 32.2 Å². The maximum absolute atomic E-state index is 4.66. The van der Waals surface area contributed by atoms with E-state index in [1.54, 1.807) is 0 Å². The van der Waals surface area contributed by atoms with Gasteiger partial charge in [0, 0.05) is 25.2 Å². The highest BCUT2D eigenvalue weighted by molar-refractivity contribution is 5.11. The first kappa shape index (κ1) is 14.9. The summed E-state index contributed by atoms with van der Waals surface area (Å²) in [6, 6.07) is 6.21. The molecule has 0 atom stereocenters. The van der Waals surface area contributed by atoms with Crippen LogP contribution in [-0.4, -0.2) is 29.0 Å². The quantitative estimate of drug-likeness (QED) is 0.783. The number of hydrogen-bond donors (Lipinski definition) is 1. The monoisotopic (exact) mass is 247 g/mol. The smallest absolute Gasteiger partial charge is 0.0547 e. The first-order chi connectivity index (χ1) is 8.40. The van der Waals surface area contributed by atoms with Gasteiger partial charge in [0.25, 0.3) is 0 Å². The predicted octanol–water partition coefficient (Wildman–Crippen LogP) is 2.59. The second-order valence-electron chi connectivity index (χ2n) is 5.71. The zero-order valence-electron chi connectivity index (χ0n) is 12.0. The van der Waals surface area contributed by atoms with E-state index >= 15 is 0 Å². The lowest BCUT2D eigenvalue weighted by Gasteiger charge is -2.20. The third kappa shape index (κ3) is 5.94. The average Bonchev–Trinajstić information content (AvgIpc) is 2.26. The molecule has 3 nitrogen and oxygen atoms in total. The molecule has 3 heteroatoms. The van der Waals surface area contributed by atoms with E-state index in [4.69, 9.17) is 0 Å². The van der Waals surface area contributed by atoms with Gasteiger partial charge in [0.05, 0.1) is 11.4 Å². The Balaban J connectivity index is 2.59. The molecule has 0 amide bonds.